The van der Waals surface area contributed by atoms with Crippen LogP contribution in [0.3, 0.4) is 0 Å². The highest BCUT2D eigenvalue weighted by atomic mass is 16.5. The van der Waals surface area contributed by atoms with E-state index in [-0.39, 0.29) is 12.5 Å². The number of carbonyl (C=O) groups is 1. The first-order valence-electron chi connectivity index (χ1n) is 8.11. The molecule has 1 unspecified atom stereocenters. The largest absolute Gasteiger partial charge is 0.396 e. The van der Waals surface area contributed by atoms with Gasteiger partial charge in [-0.3, -0.25) is 4.79 Å². The Bertz CT molecular complexity index is 632. The van der Waals surface area contributed by atoms with Gasteiger partial charge in [-0.05, 0) is 30.0 Å². The third-order valence-corrected chi connectivity index (χ3v) is 3.99. The number of aliphatic hydroxyl groups excluding tert-OH is 1. The van der Waals surface area contributed by atoms with E-state index >= 15 is 0 Å². The average molecular weight is 327 g/mol. The second-order valence-electron chi connectivity index (χ2n) is 6.26. The smallest absolute Gasteiger partial charge is 0.224 e. The lowest BCUT2D eigenvalue weighted by molar-refractivity contribution is -0.123. The number of aliphatic hydroxyl groups is 1. The van der Waals surface area contributed by atoms with Gasteiger partial charge in [0.2, 0.25) is 5.91 Å². The number of nitrogens with one attached hydrogen (secondary N) is 1. The number of ether oxygens (including phenoxy) is 1. The molecule has 1 atom stereocenters. The van der Waals surface area contributed by atoms with Crippen LogP contribution in [0, 0.1) is 0 Å². The monoisotopic (exact) mass is 327 g/mol. The summed E-state index contributed by atoms with van der Waals surface area (Å²) in [4.78, 5) is 12.3. The topological polar surface area (TPSA) is 58.6 Å². The van der Waals surface area contributed by atoms with Crippen molar-refractivity contribution in [2.24, 2.45) is 0 Å². The third-order valence-electron chi connectivity index (χ3n) is 3.99. The molecule has 0 aliphatic heterocycles. The van der Waals surface area contributed by atoms with Gasteiger partial charge < -0.3 is 15.2 Å². The molecule has 0 saturated heterocycles. The van der Waals surface area contributed by atoms with Crippen molar-refractivity contribution in [3.05, 3.63) is 60.2 Å². The predicted octanol–water partition coefficient (Wildman–Crippen LogP) is 2.80. The van der Waals surface area contributed by atoms with Gasteiger partial charge in [0, 0.05) is 13.7 Å². The van der Waals surface area contributed by atoms with Crippen LogP contribution in [0.2, 0.25) is 0 Å². The molecular weight excluding hydrogens is 302 g/mol. The zero-order chi connectivity index (χ0) is 17.4. The second-order valence-corrected chi connectivity index (χ2v) is 6.26. The van der Waals surface area contributed by atoms with Crippen LogP contribution in [0.15, 0.2) is 54.6 Å². The van der Waals surface area contributed by atoms with Crippen molar-refractivity contribution in [3.8, 4) is 11.1 Å². The number of benzene rings is 2. The van der Waals surface area contributed by atoms with Crippen molar-refractivity contribution in [3.63, 3.8) is 0 Å². The van der Waals surface area contributed by atoms with Crippen LogP contribution in [0.1, 0.15) is 18.9 Å². The molecule has 0 fully saturated rings. The molecule has 4 nitrogen and oxygen atoms in total. The number of methoxy groups -OCH3 is 1. The molecule has 2 rings (SSSR count). The lowest BCUT2D eigenvalue weighted by Crippen LogP contribution is -2.50. The highest BCUT2D eigenvalue weighted by Gasteiger charge is 2.25. The molecule has 0 spiro atoms. The van der Waals surface area contributed by atoms with E-state index in [1.165, 1.54) is 0 Å². The Morgan fingerprint density at radius 2 is 1.71 bits per heavy atom. The van der Waals surface area contributed by atoms with Gasteiger partial charge in [0.05, 0.1) is 18.6 Å². The van der Waals surface area contributed by atoms with Crippen molar-refractivity contribution in [2.45, 2.75) is 25.3 Å². The molecule has 128 valence electrons. The fourth-order valence-electron chi connectivity index (χ4n) is 2.75. The van der Waals surface area contributed by atoms with Crippen molar-refractivity contribution in [2.75, 3.05) is 20.3 Å². The van der Waals surface area contributed by atoms with Gasteiger partial charge in [-0.2, -0.15) is 0 Å². The summed E-state index contributed by atoms with van der Waals surface area (Å²) in [5, 5.41) is 12.1. The predicted molar refractivity (Wildman–Crippen MR) is 95.7 cm³/mol. The summed E-state index contributed by atoms with van der Waals surface area (Å²) in [6.07, 6.45) is 0.763. The SMILES string of the molecule is COCC(C)(CCO)NC(=O)Cc1ccc(-c2ccccc2)cc1. The molecule has 0 aliphatic carbocycles. The molecule has 24 heavy (non-hydrogen) atoms. The molecule has 0 saturated carbocycles. The summed E-state index contributed by atoms with van der Waals surface area (Å²) in [7, 11) is 1.59. The van der Waals surface area contributed by atoms with E-state index in [0.29, 0.717) is 19.4 Å². The first-order valence-corrected chi connectivity index (χ1v) is 8.11. The summed E-state index contributed by atoms with van der Waals surface area (Å²) in [5.41, 5.74) is 2.69. The van der Waals surface area contributed by atoms with Gasteiger partial charge >= 0.3 is 0 Å². The Morgan fingerprint density at radius 3 is 2.29 bits per heavy atom. The maximum absolute atomic E-state index is 12.3. The Morgan fingerprint density at radius 1 is 1.08 bits per heavy atom. The van der Waals surface area contributed by atoms with Crippen LogP contribution in [-0.4, -0.2) is 36.9 Å². The molecule has 0 aliphatic rings. The molecular formula is C20H25NO3. The molecule has 4 heteroatoms. The van der Waals surface area contributed by atoms with Gasteiger partial charge in [-0.1, -0.05) is 54.6 Å². The Kier molecular flexibility index (Phi) is 6.53. The molecule has 0 bridgehead atoms. The van der Waals surface area contributed by atoms with Crippen molar-refractivity contribution in [1.29, 1.82) is 0 Å². The second kappa shape index (κ2) is 8.62. The summed E-state index contributed by atoms with van der Waals surface area (Å²) < 4.78 is 5.15. The van der Waals surface area contributed by atoms with E-state index < -0.39 is 5.54 Å². The van der Waals surface area contributed by atoms with Crippen molar-refractivity contribution < 1.29 is 14.6 Å². The summed E-state index contributed by atoms with van der Waals surface area (Å²) in [5.74, 6) is -0.0736. The van der Waals surface area contributed by atoms with E-state index in [1.54, 1.807) is 7.11 Å². The van der Waals surface area contributed by atoms with Crippen LogP contribution in [0.5, 0.6) is 0 Å². The van der Waals surface area contributed by atoms with Gasteiger partial charge in [-0.15, -0.1) is 0 Å². The van der Waals surface area contributed by atoms with Crippen LogP contribution in [-0.2, 0) is 16.0 Å². The fourth-order valence-corrected chi connectivity index (χ4v) is 2.75. The Labute approximate surface area is 143 Å². The highest BCUT2D eigenvalue weighted by Crippen LogP contribution is 2.19. The molecule has 0 aromatic heterocycles. The highest BCUT2D eigenvalue weighted by molar-refractivity contribution is 5.79. The maximum Gasteiger partial charge on any atom is 0.224 e. The van der Waals surface area contributed by atoms with E-state index in [1.807, 2.05) is 49.4 Å². The zero-order valence-corrected chi connectivity index (χ0v) is 14.3. The first kappa shape index (κ1) is 18.2. The average Bonchev–Trinajstić information content (AvgIpc) is 2.56. The number of amides is 1. The van der Waals surface area contributed by atoms with Crippen molar-refractivity contribution >= 4 is 5.91 Å². The molecule has 2 aromatic carbocycles. The molecule has 0 heterocycles. The normalized spacial score (nSPS) is 13.3. The van der Waals surface area contributed by atoms with Gasteiger partial charge in [-0.25, -0.2) is 0 Å². The van der Waals surface area contributed by atoms with Crippen molar-refractivity contribution in [1.82, 2.24) is 5.32 Å². The van der Waals surface area contributed by atoms with Gasteiger partial charge in [0.25, 0.3) is 0 Å². The molecule has 2 N–H and O–H groups in total. The number of rotatable bonds is 8. The van der Waals surface area contributed by atoms with E-state index in [2.05, 4.69) is 17.4 Å². The van der Waals surface area contributed by atoms with Crippen LogP contribution in [0.25, 0.3) is 11.1 Å². The number of hydrogen-bond acceptors (Lipinski definition) is 3. The Hall–Kier alpha value is -2.17. The first-order chi connectivity index (χ1) is 11.6. The minimum Gasteiger partial charge on any atom is -0.396 e. The Balaban J connectivity index is 1.99. The molecule has 0 radical (unpaired) electrons. The fraction of sp³-hybridized carbons (Fsp3) is 0.350. The van der Waals surface area contributed by atoms with Gasteiger partial charge in [0.15, 0.2) is 0 Å². The van der Waals surface area contributed by atoms with E-state index in [0.717, 1.165) is 16.7 Å². The zero-order valence-electron chi connectivity index (χ0n) is 14.3. The summed E-state index contributed by atoms with van der Waals surface area (Å²) in [6.45, 7) is 2.25. The minimum atomic E-state index is -0.551. The van der Waals surface area contributed by atoms with Crippen LogP contribution in [0.4, 0.5) is 0 Å². The lowest BCUT2D eigenvalue weighted by Gasteiger charge is -2.29. The van der Waals surface area contributed by atoms with E-state index in [9.17, 15) is 4.79 Å². The number of hydrogen-bond donors (Lipinski definition) is 2. The summed E-state index contributed by atoms with van der Waals surface area (Å²) in [6, 6.07) is 18.1. The van der Waals surface area contributed by atoms with Crippen LogP contribution >= 0.6 is 0 Å². The molecule has 2 aromatic rings. The minimum absolute atomic E-state index is 0.00587. The number of carbonyl (C=O) groups excluding carboxylic acids is 1. The third kappa shape index (κ3) is 5.18. The van der Waals surface area contributed by atoms with Gasteiger partial charge in [0.1, 0.15) is 0 Å². The van der Waals surface area contributed by atoms with Crippen LogP contribution < -0.4 is 5.32 Å². The molecule has 1 amide bonds. The lowest BCUT2D eigenvalue weighted by atomic mass is 9.98. The summed E-state index contributed by atoms with van der Waals surface area (Å²) >= 11 is 0. The quantitative estimate of drug-likeness (QED) is 0.784. The van der Waals surface area contributed by atoms with E-state index in [4.69, 9.17) is 9.84 Å². The maximum atomic E-state index is 12.3. The standard InChI is InChI=1S/C20H25NO3/c1-20(12-13-22,15-24-2)21-19(23)14-16-8-10-18(11-9-16)17-6-4-3-5-7-17/h3-11,22H,12-15H2,1-2H3,(H,21,23).